The van der Waals surface area contributed by atoms with Crippen LogP contribution >= 0.6 is 0 Å². The van der Waals surface area contributed by atoms with Crippen molar-refractivity contribution in [2.45, 2.75) is 6.42 Å². The van der Waals surface area contributed by atoms with E-state index < -0.39 is 0 Å². The highest BCUT2D eigenvalue weighted by Gasteiger charge is 1.98. The molecule has 0 bridgehead atoms. The van der Waals surface area contributed by atoms with E-state index in [2.05, 4.69) is 15.4 Å². The van der Waals surface area contributed by atoms with E-state index >= 15 is 0 Å². The Bertz CT molecular complexity index is 311. The van der Waals surface area contributed by atoms with Crippen LogP contribution in [0.1, 0.15) is 6.42 Å². The lowest BCUT2D eigenvalue weighted by Gasteiger charge is -2.06. The molecular formula is C10H18N4O3. The summed E-state index contributed by atoms with van der Waals surface area (Å²) in [5, 5.41) is 0. The topological polar surface area (TPSA) is 91.5 Å². The molecule has 0 radical (unpaired) electrons. The highest BCUT2D eigenvalue weighted by atomic mass is 16.5. The second kappa shape index (κ2) is 8.68. The normalized spacial score (nSPS) is 10.2. The number of hydrogen-bond donors (Lipinski definition) is 2. The molecule has 7 nitrogen and oxygen atoms in total. The summed E-state index contributed by atoms with van der Waals surface area (Å²) in [5.74, 6) is 6.11. The maximum Gasteiger partial charge on any atom is 0.234 e. The van der Waals surface area contributed by atoms with Crippen molar-refractivity contribution in [2.24, 2.45) is 5.84 Å². The van der Waals surface area contributed by atoms with Gasteiger partial charge in [-0.05, 0) is 0 Å². The van der Waals surface area contributed by atoms with E-state index in [0.29, 0.717) is 38.1 Å². The second-order valence-electron chi connectivity index (χ2n) is 3.19. The monoisotopic (exact) mass is 242 g/mol. The second-order valence-corrected chi connectivity index (χ2v) is 3.19. The van der Waals surface area contributed by atoms with Crippen molar-refractivity contribution in [3.05, 3.63) is 12.4 Å². The van der Waals surface area contributed by atoms with Crippen molar-refractivity contribution >= 4 is 5.82 Å². The number of rotatable bonds is 9. The maximum absolute atomic E-state index is 5.37. The van der Waals surface area contributed by atoms with Crippen LogP contribution in [0.15, 0.2) is 12.4 Å². The lowest BCUT2D eigenvalue weighted by Crippen LogP contribution is -2.10. The molecule has 17 heavy (non-hydrogen) atoms. The predicted octanol–water partition coefficient (Wildman–Crippen LogP) is 0.194. The minimum absolute atomic E-state index is 0.442. The van der Waals surface area contributed by atoms with Crippen LogP contribution < -0.4 is 16.0 Å². The Morgan fingerprint density at radius 3 is 2.88 bits per heavy atom. The number of nitrogens with one attached hydrogen (secondary N) is 1. The molecule has 1 heterocycles. The summed E-state index contributed by atoms with van der Waals surface area (Å²) in [7, 11) is 1.64. The predicted molar refractivity (Wildman–Crippen MR) is 62.6 cm³/mol. The molecular weight excluding hydrogens is 224 g/mol. The molecule has 7 heteroatoms. The number of anilines is 1. The van der Waals surface area contributed by atoms with Crippen molar-refractivity contribution in [3.8, 4) is 5.88 Å². The average Bonchev–Trinajstić information content (AvgIpc) is 2.38. The highest BCUT2D eigenvalue weighted by molar-refractivity contribution is 5.31. The summed E-state index contributed by atoms with van der Waals surface area (Å²) in [5.41, 5.74) is 2.40. The highest BCUT2D eigenvalue weighted by Crippen LogP contribution is 2.07. The zero-order valence-corrected chi connectivity index (χ0v) is 9.89. The van der Waals surface area contributed by atoms with Crippen molar-refractivity contribution in [2.75, 3.05) is 39.0 Å². The molecule has 0 aliphatic rings. The molecule has 1 aromatic rings. The largest absolute Gasteiger partial charge is 0.476 e. The lowest BCUT2D eigenvalue weighted by molar-refractivity contribution is 0.0642. The smallest absolute Gasteiger partial charge is 0.234 e. The van der Waals surface area contributed by atoms with Gasteiger partial charge in [0.15, 0.2) is 5.82 Å². The van der Waals surface area contributed by atoms with Crippen LogP contribution in [0.4, 0.5) is 5.82 Å². The third kappa shape index (κ3) is 6.00. The molecule has 0 saturated heterocycles. The Morgan fingerprint density at radius 2 is 2.12 bits per heavy atom. The molecule has 0 amide bonds. The zero-order valence-electron chi connectivity index (χ0n) is 9.89. The lowest BCUT2D eigenvalue weighted by atomic mass is 10.5. The zero-order chi connectivity index (χ0) is 12.3. The van der Waals surface area contributed by atoms with E-state index in [-0.39, 0.29) is 0 Å². The van der Waals surface area contributed by atoms with Gasteiger partial charge in [-0.3, -0.25) is 4.98 Å². The fourth-order valence-electron chi connectivity index (χ4n) is 1.07. The van der Waals surface area contributed by atoms with E-state index in [1.165, 1.54) is 12.4 Å². The SMILES string of the molecule is COCCOCCCOc1cncc(NN)n1. The number of nitrogens with two attached hydrogens (primary N) is 1. The number of aromatic nitrogens is 2. The van der Waals surface area contributed by atoms with Gasteiger partial charge in [-0.25, -0.2) is 5.84 Å². The van der Waals surface area contributed by atoms with Gasteiger partial charge >= 0.3 is 0 Å². The van der Waals surface area contributed by atoms with Crippen molar-refractivity contribution in [1.82, 2.24) is 9.97 Å². The van der Waals surface area contributed by atoms with Crippen LogP contribution in [0, 0.1) is 0 Å². The van der Waals surface area contributed by atoms with E-state index in [1.807, 2.05) is 0 Å². The Hall–Kier alpha value is -1.44. The third-order valence-electron chi connectivity index (χ3n) is 1.88. The number of methoxy groups -OCH3 is 1. The number of nitrogen functional groups attached to an aromatic ring is 1. The van der Waals surface area contributed by atoms with Gasteiger partial charge < -0.3 is 19.6 Å². The van der Waals surface area contributed by atoms with E-state index in [0.717, 1.165) is 6.42 Å². The first kappa shape index (κ1) is 13.6. The molecule has 0 aromatic carbocycles. The first-order valence-electron chi connectivity index (χ1n) is 5.35. The first-order valence-corrected chi connectivity index (χ1v) is 5.35. The Balaban J connectivity index is 2.09. The summed E-state index contributed by atoms with van der Waals surface area (Å²) in [6, 6.07) is 0. The van der Waals surface area contributed by atoms with Crippen LogP contribution in [-0.4, -0.2) is 43.5 Å². The number of ether oxygens (including phenoxy) is 3. The van der Waals surface area contributed by atoms with Gasteiger partial charge in [0.25, 0.3) is 0 Å². The molecule has 0 saturated carbocycles. The van der Waals surface area contributed by atoms with Gasteiger partial charge in [0, 0.05) is 20.1 Å². The molecule has 0 aliphatic heterocycles. The van der Waals surface area contributed by atoms with Crippen molar-refractivity contribution in [1.29, 1.82) is 0 Å². The summed E-state index contributed by atoms with van der Waals surface area (Å²) >= 11 is 0. The maximum atomic E-state index is 5.37. The molecule has 0 aliphatic carbocycles. The summed E-state index contributed by atoms with van der Waals surface area (Å²) in [6.45, 7) is 2.36. The van der Waals surface area contributed by atoms with Crippen LogP contribution in [-0.2, 0) is 9.47 Å². The third-order valence-corrected chi connectivity index (χ3v) is 1.88. The van der Waals surface area contributed by atoms with Crippen LogP contribution in [0.3, 0.4) is 0 Å². The average molecular weight is 242 g/mol. The molecule has 1 rings (SSSR count). The van der Waals surface area contributed by atoms with Crippen molar-refractivity contribution < 1.29 is 14.2 Å². The van der Waals surface area contributed by atoms with E-state index in [9.17, 15) is 0 Å². The molecule has 0 unspecified atom stereocenters. The summed E-state index contributed by atoms with van der Waals surface area (Å²) in [6.07, 6.45) is 3.83. The van der Waals surface area contributed by atoms with Gasteiger partial charge in [0.2, 0.25) is 5.88 Å². The van der Waals surface area contributed by atoms with Crippen LogP contribution in [0.2, 0.25) is 0 Å². The van der Waals surface area contributed by atoms with E-state index in [1.54, 1.807) is 7.11 Å². The number of hydrogen-bond acceptors (Lipinski definition) is 7. The first-order chi connectivity index (χ1) is 8.36. The van der Waals surface area contributed by atoms with Gasteiger partial charge in [0.1, 0.15) is 0 Å². The van der Waals surface area contributed by atoms with Crippen LogP contribution in [0.5, 0.6) is 5.88 Å². The minimum atomic E-state index is 0.442. The fraction of sp³-hybridized carbons (Fsp3) is 0.600. The summed E-state index contributed by atoms with van der Waals surface area (Å²) in [4.78, 5) is 7.97. The van der Waals surface area contributed by atoms with Gasteiger partial charge in [-0.1, -0.05) is 0 Å². The number of hydrazine groups is 1. The molecule has 96 valence electrons. The Morgan fingerprint density at radius 1 is 1.24 bits per heavy atom. The fourth-order valence-corrected chi connectivity index (χ4v) is 1.07. The van der Waals surface area contributed by atoms with E-state index in [4.69, 9.17) is 20.1 Å². The molecule has 3 N–H and O–H groups in total. The van der Waals surface area contributed by atoms with Gasteiger partial charge in [0.05, 0.1) is 32.2 Å². The quantitative estimate of drug-likeness (QED) is 0.363. The standard InChI is InChI=1S/C10H18N4O3/c1-15-5-6-16-3-2-4-17-10-8-12-7-9(13-10)14-11/h7-8H,2-6,11H2,1H3,(H,13,14). The number of nitrogens with zero attached hydrogens (tertiary/aromatic N) is 2. The molecule has 0 spiro atoms. The van der Waals surface area contributed by atoms with Gasteiger partial charge in [-0.15, -0.1) is 0 Å². The van der Waals surface area contributed by atoms with Gasteiger partial charge in [-0.2, -0.15) is 4.98 Å². The molecule has 0 atom stereocenters. The molecule has 1 aromatic heterocycles. The van der Waals surface area contributed by atoms with Crippen LogP contribution in [0.25, 0.3) is 0 Å². The Labute approximate surface area is 100 Å². The van der Waals surface area contributed by atoms with Crippen molar-refractivity contribution in [3.63, 3.8) is 0 Å². The Kier molecular flexibility index (Phi) is 6.96. The summed E-state index contributed by atoms with van der Waals surface area (Å²) < 4.78 is 15.5. The molecule has 0 fully saturated rings. The minimum Gasteiger partial charge on any atom is -0.476 e.